The van der Waals surface area contributed by atoms with Gasteiger partial charge in [0.2, 0.25) is 0 Å². The molecule has 0 spiro atoms. The summed E-state index contributed by atoms with van der Waals surface area (Å²) in [6, 6.07) is 5.96. The fraction of sp³-hybridized carbons (Fsp3) is 0.417. The fourth-order valence-electron chi connectivity index (χ4n) is 1.88. The van der Waals surface area contributed by atoms with Crippen molar-refractivity contribution in [1.82, 2.24) is 10.6 Å². The van der Waals surface area contributed by atoms with Gasteiger partial charge in [-0.1, -0.05) is 6.07 Å². The molecule has 0 bridgehead atoms. The smallest absolute Gasteiger partial charge is 0.251 e. The molecule has 2 N–H and O–H groups in total. The van der Waals surface area contributed by atoms with Crippen molar-refractivity contribution < 1.29 is 4.79 Å². The molecular formula is C12H17ClN2O. The molecule has 0 aliphatic carbocycles. The maximum Gasteiger partial charge on any atom is 0.251 e. The van der Waals surface area contributed by atoms with Crippen LogP contribution >= 0.6 is 12.4 Å². The van der Waals surface area contributed by atoms with Gasteiger partial charge in [-0.3, -0.25) is 4.79 Å². The Morgan fingerprint density at radius 1 is 1.44 bits per heavy atom. The Bertz CT molecular complexity index is 379. The molecule has 1 aliphatic rings. The highest BCUT2D eigenvalue weighted by molar-refractivity contribution is 5.94. The molecule has 3 nitrogen and oxygen atoms in total. The lowest BCUT2D eigenvalue weighted by Gasteiger charge is -2.17. The lowest BCUT2D eigenvalue weighted by Crippen LogP contribution is -2.26. The number of hydrogen-bond donors (Lipinski definition) is 2. The molecular weight excluding hydrogens is 224 g/mol. The molecule has 0 fully saturated rings. The SMILES string of the molecule is CCNC(=O)c1ccc2c(c1)CCNC2.Cl. The van der Waals surface area contributed by atoms with E-state index in [-0.39, 0.29) is 18.3 Å². The van der Waals surface area contributed by atoms with E-state index in [0.717, 1.165) is 25.1 Å². The maximum atomic E-state index is 11.6. The molecule has 1 aromatic rings. The summed E-state index contributed by atoms with van der Waals surface area (Å²) < 4.78 is 0. The van der Waals surface area contributed by atoms with Crippen molar-refractivity contribution in [1.29, 1.82) is 0 Å². The highest BCUT2D eigenvalue weighted by Crippen LogP contribution is 2.15. The lowest BCUT2D eigenvalue weighted by molar-refractivity contribution is 0.0955. The summed E-state index contributed by atoms with van der Waals surface area (Å²) in [7, 11) is 0. The molecule has 4 heteroatoms. The van der Waals surface area contributed by atoms with E-state index in [0.29, 0.717) is 6.54 Å². The minimum Gasteiger partial charge on any atom is -0.352 e. The van der Waals surface area contributed by atoms with Gasteiger partial charge >= 0.3 is 0 Å². The van der Waals surface area contributed by atoms with Crippen LogP contribution in [0.2, 0.25) is 0 Å². The molecule has 1 amide bonds. The predicted molar refractivity (Wildman–Crippen MR) is 67.1 cm³/mol. The van der Waals surface area contributed by atoms with Gasteiger partial charge in [0, 0.05) is 18.7 Å². The molecule has 2 rings (SSSR count). The minimum absolute atomic E-state index is 0. The van der Waals surface area contributed by atoms with Gasteiger partial charge in [-0.05, 0) is 43.1 Å². The molecule has 0 radical (unpaired) electrons. The van der Waals surface area contributed by atoms with E-state index in [1.54, 1.807) is 0 Å². The maximum absolute atomic E-state index is 11.6. The second kappa shape index (κ2) is 5.87. The Kier molecular flexibility index (Phi) is 4.77. The molecule has 16 heavy (non-hydrogen) atoms. The quantitative estimate of drug-likeness (QED) is 0.823. The standard InChI is InChI=1S/C12H16N2O.ClH/c1-2-14-12(15)10-3-4-11-8-13-6-5-9(11)7-10;/h3-4,7,13H,2,5-6,8H2,1H3,(H,14,15);1H. The highest BCUT2D eigenvalue weighted by atomic mass is 35.5. The van der Waals surface area contributed by atoms with Crippen LogP contribution in [0.25, 0.3) is 0 Å². The molecule has 1 heterocycles. The van der Waals surface area contributed by atoms with Crippen molar-refractivity contribution in [3.8, 4) is 0 Å². The summed E-state index contributed by atoms with van der Waals surface area (Å²) in [5.74, 6) is 0.0267. The number of benzene rings is 1. The van der Waals surface area contributed by atoms with Crippen molar-refractivity contribution in [2.45, 2.75) is 19.9 Å². The van der Waals surface area contributed by atoms with Gasteiger partial charge < -0.3 is 10.6 Å². The van der Waals surface area contributed by atoms with Gasteiger partial charge in [0.15, 0.2) is 0 Å². The summed E-state index contributed by atoms with van der Waals surface area (Å²) >= 11 is 0. The summed E-state index contributed by atoms with van der Waals surface area (Å²) in [6.07, 6.45) is 1.02. The van der Waals surface area contributed by atoms with Crippen LogP contribution in [0.3, 0.4) is 0 Å². The molecule has 0 saturated carbocycles. The van der Waals surface area contributed by atoms with Gasteiger partial charge in [-0.15, -0.1) is 12.4 Å². The van der Waals surface area contributed by atoms with Crippen molar-refractivity contribution in [3.63, 3.8) is 0 Å². The van der Waals surface area contributed by atoms with Crippen LogP contribution in [0.4, 0.5) is 0 Å². The monoisotopic (exact) mass is 240 g/mol. The second-order valence-electron chi connectivity index (χ2n) is 3.77. The number of fused-ring (bicyclic) bond motifs is 1. The summed E-state index contributed by atoms with van der Waals surface area (Å²) in [4.78, 5) is 11.6. The van der Waals surface area contributed by atoms with Gasteiger partial charge in [0.1, 0.15) is 0 Å². The first-order valence-electron chi connectivity index (χ1n) is 5.42. The third-order valence-electron chi connectivity index (χ3n) is 2.69. The lowest BCUT2D eigenvalue weighted by atomic mass is 9.98. The number of carbonyl (C=O) groups is 1. The topological polar surface area (TPSA) is 41.1 Å². The van der Waals surface area contributed by atoms with E-state index >= 15 is 0 Å². The van der Waals surface area contributed by atoms with E-state index in [1.165, 1.54) is 11.1 Å². The predicted octanol–water partition coefficient (Wildman–Crippen LogP) is 1.50. The van der Waals surface area contributed by atoms with Crippen LogP contribution in [0, 0.1) is 0 Å². The zero-order valence-electron chi connectivity index (χ0n) is 9.38. The minimum atomic E-state index is 0. The summed E-state index contributed by atoms with van der Waals surface area (Å²) in [6.45, 7) is 4.54. The van der Waals surface area contributed by atoms with E-state index in [2.05, 4.69) is 10.6 Å². The second-order valence-corrected chi connectivity index (χ2v) is 3.77. The Labute approximate surface area is 102 Å². The van der Waals surface area contributed by atoms with Crippen molar-refractivity contribution in [3.05, 3.63) is 34.9 Å². The number of carbonyl (C=O) groups excluding carboxylic acids is 1. The van der Waals surface area contributed by atoms with E-state index in [4.69, 9.17) is 0 Å². The first-order chi connectivity index (χ1) is 7.31. The first kappa shape index (κ1) is 13.0. The Hall–Kier alpha value is -1.06. The molecule has 0 aromatic heterocycles. The van der Waals surface area contributed by atoms with Gasteiger partial charge in [0.05, 0.1) is 0 Å². The van der Waals surface area contributed by atoms with Crippen LogP contribution in [-0.2, 0) is 13.0 Å². The van der Waals surface area contributed by atoms with Crippen LogP contribution in [0.5, 0.6) is 0 Å². The van der Waals surface area contributed by atoms with Crippen molar-refractivity contribution >= 4 is 18.3 Å². The Balaban J connectivity index is 0.00000128. The average Bonchev–Trinajstić information content (AvgIpc) is 2.29. The molecule has 1 aliphatic heterocycles. The molecule has 88 valence electrons. The average molecular weight is 241 g/mol. The highest BCUT2D eigenvalue weighted by Gasteiger charge is 2.11. The number of amides is 1. The molecule has 0 unspecified atom stereocenters. The zero-order valence-corrected chi connectivity index (χ0v) is 10.2. The van der Waals surface area contributed by atoms with E-state index in [9.17, 15) is 4.79 Å². The first-order valence-corrected chi connectivity index (χ1v) is 5.42. The van der Waals surface area contributed by atoms with E-state index < -0.39 is 0 Å². The summed E-state index contributed by atoms with van der Waals surface area (Å²) in [5.41, 5.74) is 3.39. The number of hydrogen-bond acceptors (Lipinski definition) is 2. The third kappa shape index (κ3) is 2.74. The Morgan fingerprint density at radius 3 is 3.00 bits per heavy atom. The number of halogens is 1. The van der Waals surface area contributed by atoms with E-state index in [1.807, 2.05) is 25.1 Å². The number of rotatable bonds is 2. The largest absolute Gasteiger partial charge is 0.352 e. The normalized spacial score (nSPS) is 13.6. The zero-order chi connectivity index (χ0) is 10.7. The molecule has 0 atom stereocenters. The van der Waals surface area contributed by atoms with Crippen molar-refractivity contribution in [2.24, 2.45) is 0 Å². The van der Waals surface area contributed by atoms with Gasteiger partial charge in [-0.25, -0.2) is 0 Å². The summed E-state index contributed by atoms with van der Waals surface area (Å²) in [5, 5.41) is 6.13. The van der Waals surface area contributed by atoms with Crippen LogP contribution < -0.4 is 10.6 Å². The molecule has 0 saturated heterocycles. The number of nitrogens with one attached hydrogen (secondary N) is 2. The van der Waals surface area contributed by atoms with Crippen LogP contribution in [0.15, 0.2) is 18.2 Å². The van der Waals surface area contributed by atoms with Crippen LogP contribution in [0.1, 0.15) is 28.4 Å². The van der Waals surface area contributed by atoms with Gasteiger partial charge in [-0.2, -0.15) is 0 Å². The van der Waals surface area contributed by atoms with Gasteiger partial charge in [0.25, 0.3) is 5.91 Å². The van der Waals surface area contributed by atoms with Crippen molar-refractivity contribution in [2.75, 3.05) is 13.1 Å². The fourth-order valence-corrected chi connectivity index (χ4v) is 1.88. The third-order valence-corrected chi connectivity index (χ3v) is 2.69. The van der Waals surface area contributed by atoms with Crippen LogP contribution in [-0.4, -0.2) is 19.0 Å². The Morgan fingerprint density at radius 2 is 2.25 bits per heavy atom. The molecule has 1 aromatic carbocycles.